The zero-order valence-electron chi connectivity index (χ0n) is 15.0. The van der Waals surface area contributed by atoms with Crippen LogP contribution in [-0.2, 0) is 26.1 Å². The van der Waals surface area contributed by atoms with Gasteiger partial charge < -0.3 is 14.4 Å². The summed E-state index contributed by atoms with van der Waals surface area (Å²) in [4.78, 5) is 23.5. The van der Waals surface area contributed by atoms with Gasteiger partial charge in [0.2, 0.25) is 0 Å². The zero-order chi connectivity index (χ0) is 21.5. The number of nitrogens with zero attached hydrogens (tertiary/aromatic N) is 1. The van der Waals surface area contributed by atoms with E-state index in [1.807, 2.05) is 0 Å². The topological polar surface area (TPSA) is 115 Å². The van der Waals surface area contributed by atoms with Gasteiger partial charge in [-0.1, -0.05) is 0 Å². The highest BCUT2D eigenvalue weighted by molar-refractivity contribution is 7.93. The number of hydrogen-bond acceptors (Lipinski definition) is 5. The van der Waals surface area contributed by atoms with Crippen LogP contribution in [0.1, 0.15) is 31.3 Å². The molecule has 0 radical (unpaired) electrons. The Morgan fingerprint density at radius 1 is 1.18 bits per heavy atom. The fourth-order valence-electron chi connectivity index (χ4n) is 2.40. The molecule has 0 aliphatic carbocycles. The van der Waals surface area contributed by atoms with E-state index < -0.39 is 45.3 Å². The summed E-state index contributed by atoms with van der Waals surface area (Å²) < 4.78 is 67.6. The first kappa shape index (κ1) is 21.5. The van der Waals surface area contributed by atoms with Crippen LogP contribution in [-0.4, -0.2) is 41.1 Å². The molecule has 0 aliphatic rings. The highest BCUT2D eigenvalue weighted by Gasteiger charge is 2.46. The number of benzene rings is 1. The van der Waals surface area contributed by atoms with Crippen molar-refractivity contribution in [1.82, 2.24) is 4.57 Å². The highest BCUT2D eigenvalue weighted by Crippen LogP contribution is 2.28. The van der Waals surface area contributed by atoms with E-state index in [0.717, 1.165) is 22.8 Å². The number of rotatable bonds is 5. The molecule has 0 amide bonds. The van der Waals surface area contributed by atoms with Gasteiger partial charge in [0.1, 0.15) is 17.8 Å². The summed E-state index contributed by atoms with van der Waals surface area (Å²) in [6, 6.07) is 4.40. The van der Waals surface area contributed by atoms with Crippen molar-refractivity contribution in [2.24, 2.45) is 0 Å². The SMILES string of the molecule is CC(C)(C)OC(=O)Cn1c(C(=O)O)cc2cc(NS(=O)(=O)C(F)(F)F)ccc21. The number of halogens is 3. The van der Waals surface area contributed by atoms with Crippen molar-refractivity contribution in [2.45, 2.75) is 38.4 Å². The van der Waals surface area contributed by atoms with Gasteiger partial charge >= 0.3 is 27.5 Å². The van der Waals surface area contributed by atoms with Gasteiger partial charge in [-0.3, -0.25) is 9.52 Å². The largest absolute Gasteiger partial charge is 0.516 e. The number of hydrogen-bond donors (Lipinski definition) is 2. The van der Waals surface area contributed by atoms with Crippen LogP contribution in [0.15, 0.2) is 24.3 Å². The standard InChI is InChI=1S/C16H17F3N2O6S/c1-15(2,3)27-13(22)8-21-11-5-4-10(20-28(25,26)16(17,18)19)6-9(11)7-12(21)14(23)24/h4-7,20H,8H2,1-3H3,(H,23,24). The first-order valence-electron chi connectivity index (χ1n) is 7.78. The molecule has 0 unspecified atom stereocenters. The minimum Gasteiger partial charge on any atom is -0.477 e. The number of carbonyl (C=O) groups excluding carboxylic acids is 1. The number of anilines is 1. The first-order chi connectivity index (χ1) is 12.6. The van der Waals surface area contributed by atoms with E-state index in [1.54, 1.807) is 20.8 Å². The summed E-state index contributed by atoms with van der Waals surface area (Å²) in [5, 5.41) is 9.47. The second kappa shape index (κ2) is 7.00. The van der Waals surface area contributed by atoms with Crippen LogP contribution in [0, 0.1) is 0 Å². The van der Waals surface area contributed by atoms with Crippen LogP contribution < -0.4 is 4.72 Å². The number of ether oxygens (including phenoxy) is 1. The third kappa shape index (κ3) is 4.74. The van der Waals surface area contributed by atoms with Gasteiger partial charge in [0.05, 0.1) is 0 Å². The Labute approximate surface area is 157 Å². The third-order valence-corrected chi connectivity index (χ3v) is 4.50. The van der Waals surface area contributed by atoms with Crippen LogP contribution >= 0.6 is 0 Å². The van der Waals surface area contributed by atoms with E-state index in [-0.39, 0.29) is 16.6 Å². The van der Waals surface area contributed by atoms with Crippen molar-refractivity contribution in [3.05, 3.63) is 30.0 Å². The highest BCUT2D eigenvalue weighted by atomic mass is 32.2. The molecule has 0 aliphatic heterocycles. The predicted octanol–water partition coefficient (Wildman–Crippen LogP) is 2.94. The van der Waals surface area contributed by atoms with Gasteiger partial charge in [0.15, 0.2) is 0 Å². The molecule has 0 saturated heterocycles. The average Bonchev–Trinajstić information content (AvgIpc) is 2.81. The number of carbonyl (C=O) groups is 2. The monoisotopic (exact) mass is 422 g/mol. The van der Waals surface area contributed by atoms with Crippen molar-refractivity contribution in [1.29, 1.82) is 0 Å². The Balaban J connectivity index is 2.45. The number of esters is 1. The molecular formula is C16H17F3N2O6S. The van der Waals surface area contributed by atoms with E-state index in [4.69, 9.17) is 4.74 Å². The molecule has 1 heterocycles. The number of sulfonamides is 1. The van der Waals surface area contributed by atoms with Crippen molar-refractivity contribution in [3.63, 3.8) is 0 Å². The van der Waals surface area contributed by atoms with Gasteiger partial charge in [0.25, 0.3) is 0 Å². The summed E-state index contributed by atoms with van der Waals surface area (Å²) in [6.45, 7) is 4.46. The van der Waals surface area contributed by atoms with Crippen molar-refractivity contribution < 1.29 is 41.0 Å². The summed E-state index contributed by atoms with van der Waals surface area (Å²) in [5.41, 5.74) is -6.81. The van der Waals surface area contributed by atoms with E-state index in [0.29, 0.717) is 0 Å². The smallest absolute Gasteiger partial charge is 0.477 e. The fraction of sp³-hybridized carbons (Fsp3) is 0.375. The van der Waals surface area contributed by atoms with E-state index in [1.165, 1.54) is 10.8 Å². The lowest BCUT2D eigenvalue weighted by molar-refractivity contribution is -0.155. The first-order valence-corrected chi connectivity index (χ1v) is 9.26. The minimum atomic E-state index is -5.63. The fourth-order valence-corrected chi connectivity index (χ4v) is 2.95. The molecule has 0 fully saturated rings. The maximum absolute atomic E-state index is 12.5. The maximum atomic E-state index is 12.5. The van der Waals surface area contributed by atoms with E-state index in [9.17, 15) is 36.3 Å². The number of carboxylic acid groups (broad SMARTS) is 1. The Hall–Kier alpha value is -2.76. The molecule has 1 aromatic carbocycles. The summed E-state index contributed by atoms with van der Waals surface area (Å²) in [6.07, 6.45) is 0. The second-order valence-electron chi connectivity index (χ2n) is 6.83. The number of aromatic carboxylic acids is 1. The summed E-state index contributed by atoms with van der Waals surface area (Å²) in [5.74, 6) is -2.09. The van der Waals surface area contributed by atoms with Crippen molar-refractivity contribution in [3.8, 4) is 0 Å². The molecule has 2 rings (SSSR count). The molecule has 0 atom stereocenters. The second-order valence-corrected chi connectivity index (χ2v) is 8.51. The molecule has 1 aromatic heterocycles. The van der Waals surface area contributed by atoms with Crippen LogP contribution in [0.4, 0.5) is 18.9 Å². The summed E-state index contributed by atoms with van der Waals surface area (Å²) in [7, 11) is -5.63. The zero-order valence-corrected chi connectivity index (χ0v) is 15.8. The van der Waals surface area contributed by atoms with Crippen molar-refractivity contribution >= 4 is 38.6 Å². The molecule has 12 heteroatoms. The number of fused-ring (bicyclic) bond motifs is 1. The number of carboxylic acids is 1. The van der Waals surface area contributed by atoms with Crippen LogP contribution in [0.2, 0.25) is 0 Å². The van der Waals surface area contributed by atoms with Crippen LogP contribution in [0.5, 0.6) is 0 Å². The number of nitrogens with one attached hydrogen (secondary N) is 1. The molecule has 28 heavy (non-hydrogen) atoms. The maximum Gasteiger partial charge on any atom is 0.516 e. The minimum absolute atomic E-state index is 0.128. The van der Waals surface area contributed by atoms with Gasteiger partial charge in [-0.15, -0.1) is 0 Å². The third-order valence-electron chi connectivity index (χ3n) is 3.38. The molecular weight excluding hydrogens is 405 g/mol. The van der Waals surface area contributed by atoms with Crippen LogP contribution in [0.25, 0.3) is 10.9 Å². The lowest BCUT2D eigenvalue weighted by Gasteiger charge is -2.20. The lowest BCUT2D eigenvalue weighted by atomic mass is 10.2. The van der Waals surface area contributed by atoms with Gasteiger partial charge in [0, 0.05) is 16.6 Å². The molecule has 0 saturated carbocycles. The van der Waals surface area contributed by atoms with Gasteiger partial charge in [-0.2, -0.15) is 21.6 Å². The molecule has 8 nitrogen and oxygen atoms in total. The Kier molecular flexibility index (Phi) is 5.39. The molecule has 2 N–H and O–H groups in total. The average molecular weight is 422 g/mol. The van der Waals surface area contributed by atoms with Crippen LogP contribution in [0.3, 0.4) is 0 Å². The molecule has 0 spiro atoms. The quantitative estimate of drug-likeness (QED) is 0.716. The Bertz CT molecular complexity index is 1040. The van der Waals surface area contributed by atoms with Gasteiger partial charge in [-0.05, 0) is 45.0 Å². The van der Waals surface area contributed by atoms with Gasteiger partial charge in [-0.25, -0.2) is 4.79 Å². The summed E-state index contributed by atoms with van der Waals surface area (Å²) >= 11 is 0. The molecule has 154 valence electrons. The molecule has 2 aromatic rings. The Morgan fingerprint density at radius 3 is 2.29 bits per heavy atom. The lowest BCUT2D eigenvalue weighted by Crippen LogP contribution is -2.29. The van der Waals surface area contributed by atoms with E-state index >= 15 is 0 Å². The number of alkyl halides is 3. The normalized spacial score (nSPS) is 12.8. The molecule has 0 bridgehead atoms. The number of aromatic nitrogens is 1. The predicted molar refractivity (Wildman–Crippen MR) is 93.3 cm³/mol. The van der Waals surface area contributed by atoms with Crippen molar-refractivity contribution in [2.75, 3.05) is 4.72 Å². The Morgan fingerprint density at radius 2 is 1.79 bits per heavy atom. The van der Waals surface area contributed by atoms with E-state index in [2.05, 4.69) is 0 Å².